The number of nitrogen functional groups attached to an aromatic ring is 1. The molecule has 1 aromatic carbocycles. The van der Waals surface area contributed by atoms with Gasteiger partial charge in [0, 0.05) is 62.4 Å². The van der Waals surface area contributed by atoms with Gasteiger partial charge in [0.05, 0.1) is 17.0 Å². The number of benzene rings is 1. The van der Waals surface area contributed by atoms with E-state index in [-0.39, 0.29) is 18.4 Å². The highest BCUT2D eigenvalue weighted by Gasteiger charge is 2.21. The van der Waals surface area contributed by atoms with Gasteiger partial charge in [-0.2, -0.15) is 5.26 Å². The van der Waals surface area contributed by atoms with Crippen molar-refractivity contribution in [2.75, 3.05) is 24.1 Å². The molecule has 5 aromatic heterocycles. The Hall–Kier alpha value is -6.26. The number of likely N-dealkylation sites (tertiary alicyclic amines) is 1. The summed E-state index contributed by atoms with van der Waals surface area (Å²) in [4.78, 5) is 40.7. The summed E-state index contributed by atoms with van der Waals surface area (Å²) in [5.74, 6) is 1.54. The van der Waals surface area contributed by atoms with Crippen molar-refractivity contribution in [2.45, 2.75) is 39.0 Å². The molecule has 1 aliphatic rings. The molecule has 13 heteroatoms. The first-order valence-electron chi connectivity index (χ1n) is 15.9. The smallest absolute Gasteiger partial charge is 0.302 e. The van der Waals surface area contributed by atoms with Crippen LogP contribution in [0.2, 0.25) is 0 Å². The minimum atomic E-state index is -0.340. The Labute approximate surface area is 282 Å². The number of pyridine rings is 3. The number of hydrogen-bond donors (Lipinski definition) is 2. The molecule has 6 aromatic rings. The van der Waals surface area contributed by atoms with E-state index in [2.05, 4.69) is 54.4 Å². The number of carbonyl (C=O) groups excluding carboxylic acids is 1. The number of ether oxygens (including phenoxy) is 1. The number of nitrogens with one attached hydrogen (secondary N) is 1. The third kappa shape index (κ3) is 7.04. The number of aromatic nitrogens is 7. The van der Waals surface area contributed by atoms with E-state index in [0.717, 1.165) is 43.7 Å². The Balaban J connectivity index is 1.12. The van der Waals surface area contributed by atoms with Crippen molar-refractivity contribution in [1.29, 1.82) is 5.26 Å². The Bertz CT molecular complexity index is 2150. The topological polar surface area (TPSA) is 174 Å². The van der Waals surface area contributed by atoms with E-state index >= 15 is 0 Å². The lowest BCUT2D eigenvalue weighted by Gasteiger charge is -2.32. The van der Waals surface area contributed by atoms with Crippen molar-refractivity contribution in [3.8, 4) is 34.5 Å². The average molecular weight is 652 g/mol. The lowest BCUT2D eigenvalue weighted by molar-refractivity contribution is -0.142. The van der Waals surface area contributed by atoms with Gasteiger partial charge in [0.15, 0.2) is 11.5 Å². The maximum absolute atomic E-state index is 11.2. The second kappa shape index (κ2) is 13.8. The van der Waals surface area contributed by atoms with Crippen LogP contribution >= 0.6 is 0 Å². The quantitative estimate of drug-likeness (QED) is 0.202. The molecule has 0 bridgehead atoms. The third-order valence-electron chi connectivity index (χ3n) is 8.41. The van der Waals surface area contributed by atoms with Gasteiger partial charge >= 0.3 is 5.97 Å². The summed E-state index contributed by atoms with van der Waals surface area (Å²) in [6, 6.07) is 23.8. The lowest BCUT2D eigenvalue weighted by atomic mass is 10.0. The largest absolute Gasteiger partial charge is 0.461 e. The van der Waals surface area contributed by atoms with Crippen LogP contribution in [-0.2, 0) is 22.7 Å². The van der Waals surface area contributed by atoms with Crippen LogP contribution in [0.3, 0.4) is 0 Å². The van der Waals surface area contributed by atoms with Crippen LogP contribution in [-0.4, -0.2) is 64.5 Å². The Morgan fingerprint density at radius 1 is 0.939 bits per heavy atom. The van der Waals surface area contributed by atoms with Gasteiger partial charge < -0.3 is 15.8 Å². The molecule has 0 spiro atoms. The predicted octanol–water partition coefficient (Wildman–Crippen LogP) is 4.93. The number of nitriles is 1. The summed E-state index contributed by atoms with van der Waals surface area (Å²) in [5.41, 5.74) is 12.7. The fraction of sp³-hybridized carbons (Fsp3) is 0.222. The Morgan fingerprint density at radius 3 is 2.47 bits per heavy atom. The maximum atomic E-state index is 11.2. The van der Waals surface area contributed by atoms with E-state index in [1.54, 1.807) is 24.7 Å². The number of anilines is 2. The lowest BCUT2D eigenvalue weighted by Crippen LogP contribution is -2.38. The van der Waals surface area contributed by atoms with Crippen LogP contribution in [0.25, 0.3) is 39.6 Å². The molecule has 0 amide bonds. The summed E-state index contributed by atoms with van der Waals surface area (Å²) in [5, 5.41) is 12.5. The van der Waals surface area contributed by atoms with Gasteiger partial charge in [-0.15, -0.1) is 0 Å². The number of rotatable bonds is 9. The SMILES string of the molecule is CC(=O)OCc1ccc(-c2ccc3nc(-c4cccnc4N)n(-c4ccc(CN5CCC(Nc6ccnc(C#N)n6)CC5)cc4)c3n2)nc1. The number of imidazole rings is 1. The van der Waals surface area contributed by atoms with Crippen LogP contribution in [0, 0.1) is 11.3 Å². The molecule has 0 atom stereocenters. The fourth-order valence-corrected chi connectivity index (χ4v) is 5.92. The standard InChI is InChI=1S/C36H33N11O2/c1-23(48)49-22-25-6-9-29(41-20-25)30-10-11-31-36(43-30)47(35(44-31)28-3-2-15-40-34(28)38)27-7-4-24(5-8-27)21-46-17-13-26(14-18-46)42-32-12-16-39-33(19-37)45-32/h2-12,15-16,20,26H,13-14,17-18,21-22H2,1H3,(H2,38,40)(H,39,42,45). The molecular formula is C36H33N11O2. The van der Waals surface area contributed by atoms with Gasteiger partial charge in [0.1, 0.15) is 29.8 Å². The second-order valence-corrected chi connectivity index (χ2v) is 11.8. The average Bonchev–Trinajstić information content (AvgIpc) is 3.51. The summed E-state index contributed by atoms with van der Waals surface area (Å²) in [6.07, 6.45) is 6.89. The molecule has 1 fully saturated rings. The fourth-order valence-electron chi connectivity index (χ4n) is 5.92. The Kier molecular flexibility index (Phi) is 8.86. The number of nitrogens with two attached hydrogens (primary N) is 1. The highest BCUT2D eigenvalue weighted by Crippen LogP contribution is 2.32. The number of carbonyl (C=O) groups is 1. The molecule has 1 saturated heterocycles. The minimum Gasteiger partial charge on any atom is -0.461 e. The molecule has 13 nitrogen and oxygen atoms in total. The predicted molar refractivity (Wildman–Crippen MR) is 184 cm³/mol. The van der Waals surface area contributed by atoms with Crippen LogP contribution in [0.15, 0.2) is 85.3 Å². The van der Waals surface area contributed by atoms with E-state index in [1.807, 2.05) is 47.0 Å². The highest BCUT2D eigenvalue weighted by atomic mass is 16.5. The first-order chi connectivity index (χ1) is 23.9. The van der Waals surface area contributed by atoms with Crippen molar-refractivity contribution in [3.05, 3.63) is 102 Å². The molecule has 49 heavy (non-hydrogen) atoms. The van der Waals surface area contributed by atoms with Gasteiger partial charge in [-0.3, -0.25) is 19.2 Å². The Morgan fingerprint density at radius 2 is 1.73 bits per heavy atom. The summed E-state index contributed by atoms with van der Waals surface area (Å²) in [7, 11) is 0. The minimum absolute atomic E-state index is 0.165. The third-order valence-corrected chi connectivity index (χ3v) is 8.41. The van der Waals surface area contributed by atoms with Crippen molar-refractivity contribution >= 4 is 28.8 Å². The van der Waals surface area contributed by atoms with Gasteiger partial charge in [-0.25, -0.2) is 24.9 Å². The van der Waals surface area contributed by atoms with Crippen LogP contribution in [0.1, 0.15) is 36.7 Å². The van der Waals surface area contributed by atoms with Gasteiger partial charge in [-0.05, 0) is 66.9 Å². The zero-order valence-corrected chi connectivity index (χ0v) is 26.8. The maximum Gasteiger partial charge on any atom is 0.302 e. The number of esters is 1. The molecule has 0 saturated carbocycles. The van der Waals surface area contributed by atoms with Crippen LogP contribution < -0.4 is 11.1 Å². The first kappa shape index (κ1) is 31.3. The summed E-state index contributed by atoms with van der Waals surface area (Å²) < 4.78 is 7.10. The second-order valence-electron chi connectivity index (χ2n) is 11.8. The van der Waals surface area contributed by atoms with Gasteiger partial charge in [0.25, 0.3) is 0 Å². The van der Waals surface area contributed by atoms with Crippen molar-refractivity contribution < 1.29 is 9.53 Å². The number of piperidine rings is 1. The van der Waals surface area contributed by atoms with E-state index in [0.29, 0.717) is 51.6 Å². The van der Waals surface area contributed by atoms with E-state index in [4.69, 9.17) is 25.7 Å². The first-order valence-corrected chi connectivity index (χ1v) is 15.9. The molecule has 6 heterocycles. The molecule has 3 N–H and O–H groups in total. The zero-order valence-electron chi connectivity index (χ0n) is 26.8. The highest BCUT2D eigenvalue weighted by molar-refractivity contribution is 5.84. The van der Waals surface area contributed by atoms with Crippen molar-refractivity contribution in [2.24, 2.45) is 0 Å². The number of nitrogens with zero attached hydrogens (tertiary/aromatic N) is 9. The van der Waals surface area contributed by atoms with Crippen molar-refractivity contribution in [1.82, 2.24) is 39.4 Å². The van der Waals surface area contributed by atoms with Crippen LogP contribution in [0.5, 0.6) is 0 Å². The van der Waals surface area contributed by atoms with E-state index in [9.17, 15) is 4.79 Å². The van der Waals surface area contributed by atoms with Crippen LogP contribution in [0.4, 0.5) is 11.6 Å². The molecule has 0 unspecified atom stereocenters. The van der Waals surface area contributed by atoms with Gasteiger partial charge in [0.2, 0.25) is 5.82 Å². The number of hydrogen-bond acceptors (Lipinski definition) is 12. The van der Waals surface area contributed by atoms with E-state index < -0.39 is 0 Å². The molecule has 0 aliphatic carbocycles. The normalized spacial score (nSPS) is 13.6. The monoisotopic (exact) mass is 651 g/mol. The molecule has 0 radical (unpaired) electrons. The summed E-state index contributed by atoms with van der Waals surface area (Å²) in [6.45, 7) is 4.26. The zero-order chi connectivity index (χ0) is 33.7. The molecule has 244 valence electrons. The van der Waals surface area contributed by atoms with E-state index in [1.165, 1.54) is 12.5 Å². The van der Waals surface area contributed by atoms with Gasteiger partial charge in [-0.1, -0.05) is 18.2 Å². The molecule has 1 aliphatic heterocycles. The molecular weight excluding hydrogens is 618 g/mol. The van der Waals surface area contributed by atoms with Crippen molar-refractivity contribution in [3.63, 3.8) is 0 Å². The number of fused-ring (bicyclic) bond motifs is 1. The molecule has 7 rings (SSSR count). The summed E-state index contributed by atoms with van der Waals surface area (Å²) >= 11 is 0.